The molecule has 2 amide bonds. The van der Waals surface area contributed by atoms with Gasteiger partial charge in [-0.1, -0.05) is 13.8 Å². The van der Waals surface area contributed by atoms with E-state index in [2.05, 4.69) is 16.5 Å². The van der Waals surface area contributed by atoms with E-state index in [-0.39, 0.29) is 19.0 Å². The molecule has 0 rings (SSSR count). The second-order valence-electron chi connectivity index (χ2n) is 6.87. The molecule has 17 heteroatoms. The summed E-state index contributed by atoms with van der Waals surface area (Å²) in [5.41, 5.74) is 0. The molecule has 4 unspecified atom stereocenters. The SMILES string of the molecule is C=S(=O)(O)CCC(C(=O)NCC(C)C=O)S(=O)(=O)O.CC(C=O)CNC(=O)CP(=O)(O)O. The van der Waals surface area contributed by atoms with Crippen molar-refractivity contribution in [3.05, 3.63) is 0 Å². The van der Waals surface area contributed by atoms with Crippen LogP contribution in [0.15, 0.2) is 0 Å². The Morgan fingerprint density at radius 1 is 1.00 bits per heavy atom. The minimum Gasteiger partial charge on any atom is -0.355 e. The highest BCUT2D eigenvalue weighted by Gasteiger charge is 2.31. The van der Waals surface area contributed by atoms with Crippen molar-refractivity contribution in [3.63, 3.8) is 0 Å². The number of hydrogen-bond donors (Lipinski definition) is 6. The van der Waals surface area contributed by atoms with E-state index < -0.39 is 68.8 Å². The molecule has 0 aromatic heterocycles. The van der Waals surface area contributed by atoms with Gasteiger partial charge in [0.2, 0.25) is 11.8 Å². The smallest absolute Gasteiger partial charge is 0.334 e. The number of aldehydes is 2. The minimum absolute atomic E-state index is 0.0901. The van der Waals surface area contributed by atoms with Crippen LogP contribution in [0.2, 0.25) is 0 Å². The highest BCUT2D eigenvalue weighted by Crippen LogP contribution is 2.33. The zero-order chi connectivity index (χ0) is 25.8. The molecule has 0 aliphatic carbocycles. The van der Waals surface area contributed by atoms with Gasteiger partial charge in [0.05, 0.1) is 9.80 Å². The van der Waals surface area contributed by atoms with Crippen LogP contribution in [0.4, 0.5) is 0 Å². The third-order valence-corrected chi connectivity index (χ3v) is 6.13. The highest BCUT2D eigenvalue weighted by atomic mass is 32.2. The highest BCUT2D eigenvalue weighted by molar-refractivity contribution is 7.95. The Morgan fingerprint density at radius 2 is 1.44 bits per heavy atom. The van der Waals surface area contributed by atoms with Crippen LogP contribution in [0.1, 0.15) is 20.3 Å². The summed E-state index contributed by atoms with van der Waals surface area (Å²) >= 11 is 0. The van der Waals surface area contributed by atoms with Crippen molar-refractivity contribution in [1.82, 2.24) is 10.6 Å². The molecule has 188 valence electrons. The lowest BCUT2D eigenvalue weighted by Crippen LogP contribution is -2.42. The summed E-state index contributed by atoms with van der Waals surface area (Å²) in [5.74, 6) is -0.283. The van der Waals surface area contributed by atoms with E-state index in [9.17, 15) is 36.4 Å². The maximum absolute atomic E-state index is 11.6. The van der Waals surface area contributed by atoms with Crippen LogP contribution in [0, 0.1) is 11.8 Å². The Hall–Kier alpha value is -1.68. The molecule has 0 radical (unpaired) electrons. The average molecular weight is 525 g/mol. The van der Waals surface area contributed by atoms with E-state index in [4.69, 9.17) is 18.9 Å². The predicted octanol–water partition coefficient (Wildman–Crippen LogP) is -2.11. The van der Waals surface area contributed by atoms with Crippen LogP contribution >= 0.6 is 7.60 Å². The zero-order valence-electron chi connectivity index (χ0n) is 17.4. The first-order valence-corrected chi connectivity index (χ1v) is 14.0. The third kappa shape index (κ3) is 19.0. The normalized spacial score (nSPS) is 16.2. The second-order valence-corrected chi connectivity index (χ2v) is 12.1. The van der Waals surface area contributed by atoms with Gasteiger partial charge in [0.15, 0.2) is 5.25 Å². The van der Waals surface area contributed by atoms with Gasteiger partial charge in [0.1, 0.15) is 18.7 Å². The molecular weight excluding hydrogens is 495 g/mol. The topological polar surface area (TPSA) is 242 Å². The summed E-state index contributed by atoms with van der Waals surface area (Å²) in [5, 5.41) is 2.54. The molecular formula is C15H29N2O12PS2. The summed E-state index contributed by atoms with van der Waals surface area (Å²) in [6, 6.07) is 0. The van der Waals surface area contributed by atoms with Crippen LogP contribution in [0.3, 0.4) is 0 Å². The summed E-state index contributed by atoms with van der Waals surface area (Å²) in [4.78, 5) is 59.5. The maximum atomic E-state index is 11.6. The van der Waals surface area contributed by atoms with Crippen LogP contribution < -0.4 is 10.6 Å². The molecule has 14 nitrogen and oxygen atoms in total. The molecule has 0 aliphatic heterocycles. The van der Waals surface area contributed by atoms with Gasteiger partial charge in [0.25, 0.3) is 10.1 Å². The monoisotopic (exact) mass is 524 g/mol. The zero-order valence-corrected chi connectivity index (χ0v) is 20.0. The largest absolute Gasteiger partial charge is 0.355 e. The lowest BCUT2D eigenvalue weighted by molar-refractivity contribution is -0.121. The molecule has 0 aromatic carbocycles. The third-order valence-electron chi connectivity index (χ3n) is 3.38. The van der Waals surface area contributed by atoms with Gasteiger partial charge in [-0.15, -0.1) is 0 Å². The second kappa shape index (κ2) is 14.5. The quantitative estimate of drug-likeness (QED) is 0.0656. The van der Waals surface area contributed by atoms with Crippen LogP contribution in [-0.2, 0) is 43.7 Å². The number of amides is 2. The van der Waals surface area contributed by atoms with Crippen LogP contribution in [-0.4, -0.2) is 92.0 Å². The van der Waals surface area contributed by atoms with Gasteiger partial charge in [-0.05, 0) is 12.3 Å². The standard InChI is InChI=1S/C9H17NO7S2.C6H12NO5P/c1-7(6-11)5-10-9(12)8(19(15,16)17)3-4-18(2,13)14;1-5(3-8)2-7-6(9)4-13(10,11)12/h6-8H,2-5H2,1H3,(H,10,12)(H,13,14)(H,15,16,17);3,5H,2,4H2,1H3,(H,7,9)(H2,10,11,12). The summed E-state index contributed by atoms with van der Waals surface area (Å²) in [6.07, 6.45) is -0.158. The van der Waals surface area contributed by atoms with E-state index in [1.165, 1.54) is 6.92 Å². The Balaban J connectivity index is 0. The first-order valence-electron chi connectivity index (χ1n) is 8.85. The molecule has 0 bridgehead atoms. The molecule has 0 saturated heterocycles. The van der Waals surface area contributed by atoms with Crippen molar-refractivity contribution < 1.29 is 55.3 Å². The number of carbonyl (C=O) groups is 4. The minimum atomic E-state index is -4.71. The van der Waals surface area contributed by atoms with Crippen molar-refractivity contribution >= 4 is 57.8 Å². The van der Waals surface area contributed by atoms with Gasteiger partial charge >= 0.3 is 7.60 Å². The Bertz CT molecular complexity index is 897. The average Bonchev–Trinajstić information content (AvgIpc) is 2.61. The fourth-order valence-electron chi connectivity index (χ4n) is 1.70. The predicted molar refractivity (Wildman–Crippen MR) is 116 cm³/mol. The Labute approximate surface area is 186 Å². The van der Waals surface area contributed by atoms with Gasteiger partial charge in [0, 0.05) is 30.7 Å². The van der Waals surface area contributed by atoms with E-state index in [1.54, 1.807) is 6.92 Å². The van der Waals surface area contributed by atoms with Gasteiger partial charge in [-0.2, -0.15) is 8.42 Å². The maximum Gasteiger partial charge on any atom is 0.334 e. The van der Waals surface area contributed by atoms with E-state index in [1.807, 2.05) is 0 Å². The summed E-state index contributed by atoms with van der Waals surface area (Å²) in [6.45, 7) is 3.10. The number of hydrogen-bond acceptors (Lipinski definition) is 8. The molecule has 6 N–H and O–H groups in total. The molecule has 4 atom stereocenters. The first-order chi connectivity index (χ1) is 14.3. The molecule has 0 aliphatic rings. The van der Waals surface area contributed by atoms with Crippen molar-refractivity contribution in [3.8, 4) is 0 Å². The molecule has 0 heterocycles. The molecule has 0 saturated carbocycles. The number of nitrogens with one attached hydrogen (secondary N) is 2. The van der Waals surface area contributed by atoms with Crippen molar-refractivity contribution in [1.29, 1.82) is 0 Å². The molecule has 0 aromatic rings. The van der Waals surface area contributed by atoms with Gasteiger partial charge < -0.3 is 34.6 Å². The molecule has 32 heavy (non-hydrogen) atoms. The summed E-state index contributed by atoms with van der Waals surface area (Å²) in [7, 11) is -12.5. The van der Waals surface area contributed by atoms with Gasteiger partial charge in [-0.3, -0.25) is 18.7 Å². The Morgan fingerprint density at radius 3 is 1.78 bits per heavy atom. The lowest BCUT2D eigenvalue weighted by Gasteiger charge is -2.14. The van der Waals surface area contributed by atoms with Crippen molar-refractivity contribution in [2.75, 3.05) is 25.0 Å². The van der Waals surface area contributed by atoms with Crippen LogP contribution in [0.5, 0.6) is 0 Å². The van der Waals surface area contributed by atoms with Gasteiger partial charge in [-0.25, -0.2) is 4.21 Å². The van der Waals surface area contributed by atoms with E-state index in [0.29, 0.717) is 12.6 Å². The molecule has 0 spiro atoms. The number of rotatable bonds is 13. The number of carbonyl (C=O) groups excluding carboxylic acids is 4. The van der Waals surface area contributed by atoms with E-state index >= 15 is 0 Å². The van der Waals surface area contributed by atoms with Crippen molar-refractivity contribution in [2.24, 2.45) is 11.8 Å². The Kier molecular flexibility index (Phi) is 14.7. The van der Waals surface area contributed by atoms with Crippen LogP contribution in [0.25, 0.3) is 0 Å². The lowest BCUT2D eigenvalue weighted by atomic mass is 10.2. The first kappa shape index (κ1) is 32.5. The van der Waals surface area contributed by atoms with Crippen molar-refractivity contribution in [2.45, 2.75) is 25.5 Å². The summed E-state index contributed by atoms with van der Waals surface area (Å²) < 4.78 is 61.2. The van der Waals surface area contributed by atoms with E-state index in [0.717, 1.165) is 0 Å². The fraction of sp³-hybridized carbons (Fsp3) is 0.667. The fourth-order valence-corrected chi connectivity index (χ4v) is 3.70. The molecule has 0 fully saturated rings.